The van der Waals surface area contributed by atoms with Gasteiger partial charge in [-0.1, -0.05) is 0 Å². The summed E-state index contributed by atoms with van der Waals surface area (Å²) >= 11 is 0. The van der Waals surface area contributed by atoms with Gasteiger partial charge in [0.05, 0.1) is 0 Å². The van der Waals surface area contributed by atoms with Crippen molar-refractivity contribution < 1.29 is 32.9 Å². The fourth-order valence-corrected chi connectivity index (χ4v) is 0. The third-order valence-corrected chi connectivity index (χ3v) is 0. The van der Waals surface area contributed by atoms with Crippen molar-refractivity contribution in [1.82, 2.24) is 0 Å². The summed E-state index contributed by atoms with van der Waals surface area (Å²) in [6.45, 7) is 0. The van der Waals surface area contributed by atoms with Crippen LogP contribution in [0.5, 0.6) is 0 Å². The van der Waals surface area contributed by atoms with Crippen LogP contribution in [0.2, 0.25) is 0 Å². The minimum absolute atomic E-state index is 0. The van der Waals surface area contributed by atoms with Gasteiger partial charge in [0.2, 0.25) is 0 Å². The van der Waals surface area contributed by atoms with Gasteiger partial charge in [-0.25, -0.2) is 0 Å². The summed E-state index contributed by atoms with van der Waals surface area (Å²) in [5, 5.41) is 0. The maximum Gasteiger partial charge on any atom is 0 e. The van der Waals surface area contributed by atoms with Crippen molar-refractivity contribution in [2.45, 2.75) is 0 Å². The first-order valence-electron chi connectivity index (χ1n) is 0. The van der Waals surface area contributed by atoms with Crippen molar-refractivity contribution in [3.05, 3.63) is 0 Å². The monoisotopic (exact) mass is 148 g/mol. The molecule has 0 atom stereocenters. The standard InChI is InChI=1S/ClH.Ni.3H2O/h1H;;3*1H2. The third-order valence-electron chi connectivity index (χ3n) is 0. The predicted octanol–water partition coefficient (Wildman–Crippen LogP) is -2.05. The van der Waals surface area contributed by atoms with E-state index in [4.69, 9.17) is 0 Å². The van der Waals surface area contributed by atoms with E-state index in [0.717, 1.165) is 0 Å². The number of rotatable bonds is 0. The molecule has 0 bridgehead atoms. The Kier molecular flexibility index (Phi) is 7960. The summed E-state index contributed by atoms with van der Waals surface area (Å²) in [5.41, 5.74) is 0. The van der Waals surface area contributed by atoms with Gasteiger partial charge in [0.15, 0.2) is 0 Å². The normalized spacial score (nSPS) is 0. The Morgan fingerprint density at radius 2 is 0.600 bits per heavy atom. The first kappa shape index (κ1) is 280. The van der Waals surface area contributed by atoms with Crippen LogP contribution in [-0.4, -0.2) is 16.4 Å². The van der Waals surface area contributed by atoms with Crippen LogP contribution in [0, 0.1) is 0 Å². The molecule has 0 spiro atoms. The number of halogens is 1. The third kappa shape index (κ3) is 75.2. The minimum Gasteiger partial charge on any atom is -0.412 e. The van der Waals surface area contributed by atoms with Crippen LogP contribution in [0.15, 0.2) is 0 Å². The van der Waals surface area contributed by atoms with Crippen LogP contribution in [-0.2, 0) is 16.5 Å². The summed E-state index contributed by atoms with van der Waals surface area (Å²) in [4.78, 5) is 0. The molecule has 0 fully saturated rings. The second kappa shape index (κ2) is 142. The van der Waals surface area contributed by atoms with Gasteiger partial charge >= 0.3 is 0 Å². The van der Waals surface area contributed by atoms with Gasteiger partial charge in [-0.2, -0.15) is 0 Å². The predicted molar refractivity (Wildman–Crippen MR) is 18.1 cm³/mol. The summed E-state index contributed by atoms with van der Waals surface area (Å²) in [5.74, 6) is 0. The summed E-state index contributed by atoms with van der Waals surface area (Å²) in [6.07, 6.45) is 0. The first-order chi connectivity index (χ1) is 0. The molecule has 0 saturated carbocycles. The Hall–Kier alpha value is 0.664. The molecule has 0 aromatic carbocycles. The number of hydrogen-bond acceptors (Lipinski definition) is 0. The molecule has 0 aliphatic rings. The largest absolute Gasteiger partial charge is 0.412 e. The van der Waals surface area contributed by atoms with E-state index in [1.165, 1.54) is 0 Å². The van der Waals surface area contributed by atoms with Gasteiger partial charge in [0.1, 0.15) is 0 Å². The molecule has 0 radical (unpaired) electrons. The van der Waals surface area contributed by atoms with Crippen LogP contribution < -0.4 is 0 Å². The maximum atomic E-state index is 0. The summed E-state index contributed by atoms with van der Waals surface area (Å²) in [7, 11) is 0. The van der Waals surface area contributed by atoms with Crippen molar-refractivity contribution in [1.29, 1.82) is 0 Å². The fraction of sp³-hybridized carbons (Fsp3) is 0. The topological polar surface area (TPSA) is 94.5 Å². The maximum absolute atomic E-state index is 0. The fourth-order valence-electron chi connectivity index (χ4n) is 0. The van der Waals surface area contributed by atoms with Gasteiger partial charge in [-0.05, 0) is 0 Å². The van der Waals surface area contributed by atoms with Crippen molar-refractivity contribution in [2.24, 2.45) is 0 Å². The molecule has 0 amide bonds. The van der Waals surface area contributed by atoms with E-state index in [2.05, 4.69) is 0 Å². The van der Waals surface area contributed by atoms with E-state index in [0.29, 0.717) is 0 Å². The van der Waals surface area contributed by atoms with E-state index in [9.17, 15) is 0 Å². The van der Waals surface area contributed by atoms with Crippen LogP contribution in [0.4, 0.5) is 0 Å². The zero-order valence-electron chi connectivity index (χ0n) is 2.22. The van der Waals surface area contributed by atoms with Crippen LogP contribution >= 0.6 is 12.4 Å². The van der Waals surface area contributed by atoms with Gasteiger partial charge in [0.25, 0.3) is 0 Å². The zero-order chi connectivity index (χ0) is 0. The molecule has 0 aliphatic heterocycles. The molecule has 0 saturated heterocycles. The van der Waals surface area contributed by atoms with Gasteiger partial charge in [0, 0.05) is 16.5 Å². The number of hydrogen-bond donors (Lipinski definition) is 0. The molecule has 0 unspecified atom stereocenters. The van der Waals surface area contributed by atoms with E-state index in [1.54, 1.807) is 0 Å². The Morgan fingerprint density at radius 1 is 0.600 bits per heavy atom. The SMILES string of the molecule is Cl.O.O.O.[Ni]. The molecular weight excluding hydrogens is 142 g/mol. The zero-order valence-corrected chi connectivity index (χ0v) is 4.03. The van der Waals surface area contributed by atoms with Crippen LogP contribution in [0.1, 0.15) is 0 Å². The molecule has 42 valence electrons. The molecule has 3 nitrogen and oxygen atoms in total. The van der Waals surface area contributed by atoms with E-state index in [1.807, 2.05) is 0 Å². The smallest absolute Gasteiger partial charge is 0 e. The summed E-state index contributed by atoms with van der Waals surface area (Å²) in [6, 6.07) is 0. The van der Waals surface area contributed by atoms with Crippen molar-refractivity contribution in [3.8, 4) is 0 Å². The molecule has 0 aromatic heterocycles. The van der Waals surface area contributed by atoms with Crippen LogP contribution in [0.25, 0.3) is 0 Å². The average molecular weight is 149 g/mol. The van der Waals surface area contributed by atoms with E-state index in [-0.39, 0.29) is 45.3 Å². The van der Waals surface area contributed by atoms with Crippen molar-refractivity contribution in [3.63, 3.8) is 0 Å². The second-order valence-electron chi connectivity index (χ2n) is 0. The minimum atomic E-state index is 0. The van der Waals surface area contributed by atoms with Gasteiger partial charge in [-0.3, -0.25) is 0 Å². The van der Waals surface area contributed by atoms with E-state index < -0.39 is 0 Å². The Bertz CT molecular complexity index is 6.85. The molecule has 5 heavy (non-hydrogen) atoms. The molecule has 6 N–H and O–H groups in total. The molecule has 5 heteroatoms. The molecule has 0 aliphatic carbocycles. The molecule has 0 aromatic rings. The first-order valence-corrected chi connectivity index (χ1v) is 0. The van der Waals surface area contributed by atoms with Gasteiger partial charge in [-0.15, -0.1) is 12.4 Å². The molecule has 0 rings (SSSR count). The van der Waals surface area contributed by atoms with Crippen LogP contribution in [0.3, 0.4) is 0 Å². The second-order valence-corrected chi connectivity index (χ2v) is 0. The molecule has 0 heterocycles. The van der Waals surface area contributed by atoms with Crippen molar-refractivity contribution >= 4 is 12.4 Å². The average Bonchev–Trinajstić information content (AvgIpc) is 0. The summed E-state index contributed by atoms with van der Waals surface area (Å²) < 4.78 is 0. The Balaban J connectivity index is 0. The van der Waals surface area contributed by atoms with Crippen molar-refractivity contribution in [2.75, 3.05) is 0 Å². The van der Waals surface area contributed by atoms with E-state index >= 15 is 0 Å². The quantitative estimate of drug-likeness (QED) is 0.354. The van der Waals surface area contributed by atoms with Gasteiger partial charge < -0.3 is 16.4 Å². The Labute approximate surface area is 46.0 Å². The molecular formula is H7ClNiO3. The Morgan fingerprint density at radius 3 is 0.600 bits per heavy atom.